The van der Waals surface area contributed by atoms with E-state index >= 15 is 0 Å². The van der Waals surface area contributed by atoms with Crippen molar-refractivity contribution >= 4 is 5.97 Å². The maximum atomic E-state index is 9.90. The zero-order valence-corrected chi connectivity index (χ0v) is 6.92. The van der Waals surface area contributed by atoms with Crippen LogP contribution in [0.2, 0.25) is 0 Å². The summed E-state index contributed by atoms with van der Waals surface area (Å²) < 4.78 is 4.87. The monoisotopic (exact) mass is 156 g/mol. The molecule has 1 unspecified atom stereocenters. The van der Waals surface area contributed by atoms with Gasteiger partial charge in [-0.3, -0.25) is 0 Å². The Morgan fingerprint density at radius 3 is 2.36 bits per heavy atom. The molecule has 0 radical (unpaired) electrons. The standard InChI is InChI=1S/C8H12O3/c1-6(2)7(3)11-5-4-8(9)10/h6-7H,1-3H3,(H,9,10). The summed E-state index contributed by atoms with van der Waals surface area (Å²) in [7, 11) is 0. The minimum Gasteiger partial charge on any atom is -0.472 e. The van der Waals surface area contributed by atoms with E-state index in [9.17, 15) is 4.79 Å². The molecular weight excluding hydrogens is 144 g/mol. The molecule has 0 amide bonds. The third kappa shape index (κ3) is 5.28. The fourth-order valence-electron chi connectivity index (χ4n) is 0.302. The molecule has 3 heteroatoms. The van der Waals surface area contributed by atoms with Crippen molar-refractivity contribution in [3.63, 3.8) is 0 Å². The van der Waals surface area contributed by atoms with Crippen LogP contribution in [0.25, 0.3) is 0 Å². The zero-order chi connectivity index (χ0) is 8.85. The lowest BCUT2D eigenvalue weighted by Crippen LogP contribution is -2.12. The molecule has 0 spiro atoms. The molecule has 0 rings (SSSR count). The van der Waals surface area contributed by atoms with Gasteiger partial charge in [0.2, 0.25) is 0 Å². The molecule has 0 aliphatic heterocycles. The van der Waals surface area contributed by atoms with E-state index in [1.807, 2.05) is 26.7 Å². The number of ether oxygens (including phenoxy) is 1. The molecule has 0 bridgehead atoms. The highest BCUT2D eigenvalue weighted by molar-refractivity contribution is 5.86. The molecule has 0 aromatic heterocycles. The maximum Gasteiger partial charge on any atom is 0.385 e. The number of carboxylic acids is 1. The lowest BCUT2D eigenvalue weighted by Gasteiger charge is -2.11. The number of hydrogen-bond donors (Lipinski definition) is 1. The topological polar surface area (TPSA) is 46.5 Å². The molecule has 3 nitrogen and oxygen atoms in total. The summed E-state index contributed by atoms with van der Waals surface area (Å²) >= 11 is 0. The third-order valence-electron chi connectivity index (χ3n) is 1.34. The normalized spacial score (nSPS) is 11.6. The van der Waals surface area contributed by atoms with E-state index in [1.54, 1.807) is 0 Å². The van der Waals surface area contributed by atoms with E-state index in [0.29, 0.717) is 5.92 Å². The molecule has 0 aromatic rings. The van der Waals surface area contributed by atoms with Gasteiger partial charge in [-0.05, 0) is 12.8 Å². The number of carboxylic acid groups (broad SMARTS) is 1. The third-order valence-corrected chi connectivity index (χ3v) is 1.34. The molecule has 0 aliphatic rings. The molecule has 0 aromatic carbocycles. The van der Waals surface area contributed by atoms with Gasteiger partial charge >= 0.3 is 5.97 Å². The zero-order valence-electron chi connectivity index (χ0n) is 6.92. The molecule has 11 heavy (non-hydrogen) atoms. The van der Waals surface area contributed by atoms with Crippen molar-refractivity contribution in [2.75, 3.05) is 0 Å². The molecular formula is C8H12O3. The molecule has 0 aliphatic carbocycles. The van der Waals surface area contributed by atoms with E-state index in [4.69, 9.17) is 9.84 Å². The fourth-order valence-corrected chi connectivity index (χ4v) is 0.302. The van der Waals surface area contributed by atoms with Crippen molar-refractivity contribution in [2.24, 2.45) is 5.92 Å². The van der Waals surface area contributed by atoms with E-state index < -0.39 is 5.97 Å². The average Bonchev–Trinajstić information content (AvgIpc) is 1.86. The molecule has 62 valence electrons. The van der Waals surface area contributed by atoms with Gasteiger partial charge in [-0.1, -0.05) is 13.8 Å². The minimum absolute atomic E-state index is 0.0261. The maximum absolute atomic E-state index is 9.90. The van der Waals surface area contributed by atoms with Crippen LogP contribution in [0.1, 0.15) is 20.8 Å². The Balaban J connectivity index is 3.72. The highest BCUT2D eigenvalue weighted by atomic mass is 16.5. The summed E-state index contributed by atoms with van der Waals surface area (Å²) in [5.74, 6) is 1.06. The first-order chi connectivity index (χ1) is 5.04. The first kappa shape index (κ1) is 9.83. The minimum atomic E-state index is -1.17. The predicted molar refractivity (Wildman–Crippen MR) is 40.8 cm³/mol. The number of carbonyl (C=O) groups is 1. The van der Waals surface area contributed by atoms with Crippen LogP contribution < -0.4 is 0 Å². The van der Waals surface area contributed by atoms with Crippen LogP contribution in [-0.4, -0.2) is 17.2 Å². The summed E-state index contributed by atoms with van der Waals surface area (Å²) in [5.41, 5.74) is 0. The van der Waals surface area contributed by atoms with E-state index in [1.165, 1.54) is 0 Å². The summed E-state index contributed by atoms with van der Waals surface area (Å²) in [6.45, 7) is 5.81. The predicted octanol–water partition coefficient (Wildman–Crippen LogP) is 1.09. The Morgan fingerprint density at radius 1 is 1.45 bits per heavy atom. The first-order valence-corrected chi connectivity index (χ1v) is 3.43. The van der Waals surface area contributed by atoms with Crippen molar-refractivity contribution in [3.8, 4) is 12.0 Å². The summed E-state index contributed by atoms with van der Waals surface area (Å²) in [5, 5.41) is 8.11. The number of rotatable bonds is 2. The first-order valence-electron chi connectivity index (χ1n) is 3.43. The van der Waals surface area contributed by atoms with Crippen LogP contribution in [0.4, 0.5) is 0 Å². The Labute approximate surface area is 66.4 Å². The smallest absolute Gasteiger partial charge is 0.385 e. The van der Waals surface area contributed by atoms with E-state index in [0.717, 1.165) is 0 Å². The molecule has 1 N–H and O–H groups in total. The van der Waals surface area contributed by atoms with Crippen LogP contribution in [-0.2, 0) is 9.53 Å². The van der Waals surface area contributed by atoms with Gasteiger partial charge in [-0.2, -0.15) is 0 Å². The Kier molecular flexibility index (Phi) is 4.12. The second kappa shape index (κ2) is 4.62. The second-order valence-electron chi connectivity index (χ2n) is 2.60. The summed E-state index contributed by atoms with van der Waals surface area (Å²) in [6.07, 6.45) is 2.09. The van der Waals surface area contributed by atoms with Gasteiger partial charge < -0.3 is 9.84 Å². The van der Waals surface area contributed by atoms with Crippen LogP contribution >= 0.6 is 0 Å². The van der Waals surface area contributed by atoms with Crippen molar-refractivity contribution < 1.29 is 14.6 Å². The van der Waals surface area contributed by atoms with E-state index in [2.05, 4.69) is 6.11 Å². The Bertz CT molecular complexity index is 185. The lowest BCUT2D eigenvalue weighted by atomic mass is 10.1. The van der Waals surface area contributed by atoms with Crippen molar-refractivity contribution in [1.82, 2.24) is 0 Å². The second-order valence-corrected chi connectivity index (χ2v) is 2.60. The SMILES string of the molecule is CC(C)C(C)OC#CC(=O)O. The largest absolute Gasteiger partial charge is 0.472 e. The van der Waals surface area contributed by atoms with Crippen LogP contribution in [0, 0.1) is 17.9 Å². The van der Waals surface area contributed by atoms with Gasteiger partial charge in [0.15, 0.2) is 0 Å². The Hall–Kier alpha value is -1.17. The van der Waals surface area contributed by atoms with Gasteiger partial charge in [0, 0.05) is 0 Å². The quantitative estimate of drug-likeness (QED) is 0.609. The van der Waals surface area contributed by atoms with Gasteiger partial charge in [0.05, 0.1) is 5.92 Å². The average molecular weight is 156 g/mol. The van der Waals surface area contributed by atoms with Gasteiger partial charge in [-0.25, -0.2) is 4.79 Å². The van der Waals surface area contributed by atoms with Crippen molar-refractivity contribution in [3.05, 3.63) is 0 Å². The molecule has 0 heterocycles. The summed E-state index contributed by atoms with van der Waals surface area (Å²) in [4.78, 5) is 9.90. The highest BCUT2D eigenvalue weighted by Crippen LogP contribution is 2.03. The Morgan fingerprint density at radius 2 is 2.00 bits per heavy atom. The van der Waals surface area contributed by atoms with Gasteiger partial charge in [0.25, 0.3) is 0 Å². The lowest BCUT2D eigenvalue weighted by molar-refractivity contribution is -0.130. The fraction of sp³-hybridized carbons (Fsp3) is 0.625. The highest BCUT2D eigenvalue weighted by Gasteiger charge is 2.05. The van der Waals surface area contributed by atoms with E-state index in [-0.39, 0.29) is 6.10 Å². The van der Waals surface area contributed by atoms with Gasteiger partial charge in [0.1, 0.15) is 12.2 Å². The van der Waals surface area contributed by atoms with Crippen molar-refractivity contribution in [1.29, 1.82) is 0 Å². The number of hydrogen-bond acceptors (Lipinski definition) is 2. The van der Waals surface area contributed by atoms with Crippen LogP contribution in [0.15, 0.2) is 0 Å². The molecule has 0 saturated carbocycles. The number of aliphatic carboxylic acids is 1. The molecule has 0 fully saturated rings. The molecule has 1 atom stereocenters. The van der Waals surface area contributed by atoms with Crippen LogP contribution in [0.3, 0.4) is 0 Å². The van der Waals surface area contributed by atoms with Crippen molar-refractivity contribution in [2.45, 2.75) is 26.9 Å². The summed E-state index contributed by atoms with van der Waals surface area (Å²) in [6, 6.07) is 0. The van der Waals surface area contributed by atoms with Gasteiger partial charge in [-0.15, -0.1) is 0 Å². The van der Waals surface area contributed by atoms with Crippen LogP contribution in [0.5, 0.6) is 0 Å². The molecule has 0 saturated heterocycles.